The summed E-state index contributed by atoms with van der Waals surface area (Å²) in [6.45, 7) is 5.81. The highest BCUT2D eigenvalue weighted by Crippen LogP contribution is 2.28. The van der Waals surface area contributed by atoms with Crippen LogP contribution in [0.5, 0.6) is 0 Å². The van der Waals surface area contributed by atoms with Gasteiger partial charge in [-0.25, -0.2) is 4.98 Å². The average Bonchev–Trinajstić information content (AvgIpc) is 3.12. The predicted octanol–water partition coefficient (Wildman–Crippen LogP) is 4.65. The van der Waals surface area contributed by atoms with Gasteiger partial charge >= 0.3 is 6.01 Å². The molecule has 1 aromatic carbocycles. The second-order valence-corrected chi connectivity index (χ2v) is 5.51. The first-order valence-electron chi connectivity index (χ1n) is 7.24. The number of unbranched alkanes of at least 4 members (excludes halogenated alkanes) is 1. The molecule has 1 radical (unpaired) electrons. The molecule has 4 nitrogen and oxygen atoms in total. The summed E-state index contributed by atoms with van der Waals surface area (Å²) in [7, 11) is 0. The molecule has 0 N–H and O–H groups in total. The monoisotopic (exact) mass is 314 g/mol. The van der Waals surface area contributed by atoms with Crippen LogP contribution in [0.2, 0.25) is 5.02 Å². The Morgan fingerprint density at radius 2 is 2.05 bits per heavy atom. The Bertz CT molecular complexity index is 759. The second-order valence-electron chi connectivity index (χ2n) is 5.08. The van der Waals surface area contributed by atoms with Gasteiger partial charge in [0.2, 0.25) is 0 Å². The third-order valence-electron chi connectivity index (χ3n) is 3.49. The third kappa shape index (κ3) is 2.92. The van der Waals surface area contributed by atoms with Gasteiger partial charge in [-0.05, 0) is 25.5 Å². The maximum Gasteiger partial charge on any atom is 0.307 e. The van der Waals surface area contributed by atoms with Gasteiger partial charge in [-0.3, -0.25) is 4.57 Å². The highest BCUT2D eigenvalue weighted by atomic mass is 35.5. The van der Waals surface area contributed by atoms with Crippen molar-refractivity contribution in [2.24, 2.45) is 0 Å². The van der Waals surface area contributed by atoms with E-state index in [2.05, 4.69) is 16.9 Å². The molecule has 3 aromatic rings. The molecule has 0 saturated heterocycles. The van der Waals surface area contributed by atoms with Crippen molar-refractivity contribution in [1.29, 1.82) is 0 Å². The number of hydrogen-bond acceptors (Lipinski definition) is 3. The topological polar surface area (TPSA) is 43.9 Å². The summed E-state index contributed by atoms with van der Waals surface area (Å²) in [5, 5.41) is 0.706. The lowest BCUT2D eigenvalue weighted by molar-refractivity contribution is 0.475. The van der Waals surface area contributed by atoms with Gasteiger partial charge in [-0.1, -0.05) is 37.1 Å². The minimum absolute atomic E-state index is 0.541. The molecule has 0 amide bonds. The molecule has 113 valence electrons. The van der Waals surface area contributed by atoms with Crippen LogP contribution in [-0.4, -0.2) is 14.5 Å². The zero-order valence-electron chi connectivity index (χ0n) is 12.4. The fourth-order valence-corrected chi connectivity index (χ4v) is 2.44. The zero-order valence-corrected chi connectivity index (χ0v) is 13.2. The number of aryl methyl sites for hydroxylation is 2. The van der Waals surface area contributed by atoms with E-state index >= 15 is 0 Å². The van der Waals surface area contributed by atoms with Crippen LogP contribution < -0.4 is 0 Å². The van der Waals surface area contributed by atoms with Crippen molar-refractivity contribution in [1.82, 2.24) is 14.5 Å². The van der Waals surface area contributed by atoms with E-state index in [0.29, 0.717) is 11.0 Å². The normalized spacial score (nSPS) is 11.0. The van der Waals surface area contributed by atoms with Gasteiger partial charge in [0.05, 0.1) is 0 Å². The SMILES string of the molecule is [CH2]CCCc1oc(-n2ccnc2C)nc1-c1ccc(Cl)cc1. The standard InChI is InChI=1S/C17H17ClN3O/c1-3-4-5-15-16(13-6-8-14(18)9-7-13)20-17(22-15)21-11-10-19-12(21)2/h6-11H,1,3-5H2,2H3. The Hall–Kier alpha value is -2.07. The maximum absolute atomic E-state index is 5.98. The molecule has 0 spiro atoms. The van der Waals surface area contributed by atoms with E-state index < -0.39 is 0 Å². The fourth-order valence-electron chi connectivity index (χ4n) is 2.31. The molecule has 0 aliphatic rings. The molecule has 2 aromatic heterocycles. The Labute approximate surface area is 134 Å². The van der Waals surface area contributed by atoms with Crippen LogP contribution in [0.3, 0.4) is 0 Å². The summed E-state index contributed by atoms with van der Waals surface area (Å²) in [6, 6.07) is 8.17. The third-order valence-corrected chi connectivity index (χ3v) is 3.74. The number of benzene rings is 1. The van der Waals surface area contributed by atoms with Crippen LogP contribution in [-0.2, 0) is 6.42 Å². The highest BCUT2D eigenvalue weighted by molar-refractivity contribution is 6.30. The minimum atomic E-state index is 0.541. The van der Waals surface area contributed by atoms with Gasteiger partial charge in [0.25, 0.3) is 0 Å². The van der Waals surface area contributed by atoms with Crippen molar-refractivity contribution >= 4 is 11.6 Å². The minimum Gasteiger partial charge on any atom is -0.427 e. The Kier molecular flexibility index (Phi) is 4.29. The lowest BCUT2D eigenvalue weighted by Gasteiger charge is -2.00. The Morgan fingerprint density at radius 1 is 1.27 bits per heavy atom. The number of hydrogen-bond donors (Lipinski definition) is 0. The van der Waals surface area contributed by atoms with E-state index in [1.165, 1.54) is 0 Å². The molecule has 0 unspecified atom stereocenters. The van der Waals surface area contributed by atoms with E-state index in [1.54, 1.807) is 6.20 Å². The molecular weight excluding hydrogens is 298 g/mol. The number of oxazole rings is 1. The number of rotatable bonds is 5. The molecular formula is C17H17ClN3O. The number of halogens is 1. The van der Waals surface area contributed by atoms with Crippen LogP contribution in [0.25, 0.3) is 17.3 Å². The highest BCUT2D eigenvalue weighted by Gasteiger charge is 2.16. The molecule has 0 aliphatic carbocycles. The quantitative estimate of drug-likeness (QED) is 0.688. The fraction of sp³-hybridized carbons (Fsp3) is 0.235. The van der Waals surface area contributed by atoms with Gasteiger partial charge in [0, 0.05) is 29.4 Å². The van der Waals surface area contributed by atoms with Crippen LogP contribution >= 0.6 is 11.6 Å². The largest absolute Gasteiger partial charge is 0.427 e. The molecule has 0 fully saturated rings. The van der Waals surface area contributed by atoms with Crippen LogP contribution in [0.15, 0.2) is 41.1 Å². The van der Waals surface area contributed by atoms with Gasteiger partial charge < -0.3 is 4.42 Å². The van der Waals surface area contributed by atoms with Crippen LogP contribution in [0.1, 0.15) is 24.4 Å². The molecule has 0 bridgehead atoms. The van der Waals surface area contributed by atoms with Gasteiger partial charge in [0.15, 0.2) is 0 Å². The lowest BCUT2D eigenvalue weighted by atomic mass is 10.1. The van der Waals surface area contributed by atoms with Crippen molar-refractivity contribution in [3.63, 3.8) is 0 Å². The lowest BCUT2D eigenvalue weighted by Crippen LogP contribution is -1.95. The average molecular weight is 315 g/mol. The van der Waals surface area contributed by atoms with E-state index in [4.69, 9.17) is 16.0 Å². The Balaban J connectivity index is 2.05. The summed E-state index contributed by atoms with van der Waals surface area (Å²) in [5.41, 5.74) is 1.85. The summed E-state index contributed by atoms with van der Waals surface area (Å²) >= 11 is 5.97. The number of nitrogens with zero attached hydrogens (tertiary/aromatic N) is 3. The van der Waals surface area contributed by atoms with Crippen LogP contribution in [0, 0.1) is 13.8 Å². The van der Waals surface area contributed by atoms with Crippen LogP contribution in [0.4, 0.5) is 0 Å². The molecule has 0 atom stereocenters. The van der Waals surface area contributed by atoms with Crippen molar-refractivity contribution in [2.75, 3.05) is 0 Å². The zero-order chi connectivity index (χ0) is 15.5. The summed E-state index contributed by atoms with van der Waals surface area (Å²) in [6.07, 6.45) is 6.20. The van der Waals surface area contributed by atoms with Crippen molar-refractivity contribution < 1.29 is 4.42 Å². The first kappa shape index (κ1) is 14.9. The molecule has 0 aliphatic heterocycles. The smallest absolute Gasteiger partial charge is 0.307 e. The van der Waals surface area contributed by atoms with E-state index in [0.717, 1.165) is 42.1 Å². The second kappa shape index (κ2) is 6.36. The molecule has 0 saturated carbocycles. The van der Waals surface area contributed by atoms with Crippen molar-refractivity contribution in [2.45, 2.75) is 26.2 Å². The van der Waals surface area contributed by atoms with Gasteiger partial charge in [-0.2, -0.15) is 4.98 Å². The molecule has 22 heavy (non-hydrogen) atoms. The summed E-state index contributed by atoms with van der Waals surface area (Å²) < 4.78 is 7.82. The Morgan fingerprint density at radius 3 is 2.68 bits per heavy atom. The molecule has 5 heteroatoms. The molecule has 3 rings (SSSR count). The van der Waals surface area contributed by atoms with E-state index in [-0.39, 0.29) is 0 Å². The number of imidazole rings is 1. The van der Waals surface area contributed by atoms with Gasteiger partial charge in [-0.15, -0.1) is 0 Å². The van der Waals surface area contributed by atoms with Crippen molar-refractivity contribution in [3.05, 3.63) is 60.2 Å². The van der Waals surface area contributed by atoms with Crippen molar-refractivity contribution in [3.8, 4) is 17.3 Å². The first-order chi connectivity index (χ1) is 10.7. The van der Waals surface area contributed by atoms with E-state index in [9.17, 15) is 0 Å². The molecule has 2 heterocycles. The summed E-state index contributed by atoms with van der Waals surface area (Å²) in [5.74, 6) is 1.71. The summed E-state index contributed by atoms with van der Waals surface area (Å²) in [4.78, 5) is 8.87. The number of aromatic nitrogens is 3. The van der Waals surface area contributed by atoms with E-state index in [1.807, 2.05) is 42.0 Å². The first-order valence-corrected chi connectivity index (χ1v) is 7.62. The maximum atomic E-state index is 5.98. The predicted molar refractivity (Wildman–Crippen MR) is 87.1 cm³/mol. The van der Waals surface area contributed by atoms with Gasteiger partial charge in [0.1, 0.15) is 17.3 Å².